The minimum absolute atomic E-state index is 0.0652. The summed E-state index contributed by atoms with van der Waals surface area (Å²) >= 11 is 5.82. The molecule has 2 heterocycles. The van der Waals surface area contributed by atoms with Gasteiger partial charge in [0.25, 0.3) is 5.91 Å². The van der Waals surface area contributed by atoms with Gasteiger partial charge in [-0.05, 0) is 66.8 Å². The lowest BCUT2D eigenvalue weighted by atomic mass is 9.81. The summed E-state index contributed by atoms with van der Waals surface area (Å²) in [6.45, 7) is -0.176. The molecule has 1 aliphatic carbocycles. The number of nitrogens with zero attached hydrogens (tertiary/aromatic N) is 3. The van der Waals surface area contributed by atoms with Crippen molar-refractivity contribution in [3.05, 3.63) is 77.2 Å². The van der Waals surface area contributed by atoms with Gasteiger partial charge in [-0.25, -0.2) is 4.98 Å². The SMILES string of the molecule is CN(C)C(=O)[C@H]1CC[C@H](NC(=O)C(=O)Nc2ccc(Cl)cn2)[C@H](NC(=O)c2ccc(-c3ccnc(CO)c3)cc2)C1. The molecule has 11 nitrogen and oxygen atoms in total. The van der Waals surface area contributed by atoms with Gasteiger partial charge in [0, 0.05) is 44.0 Å². The number of carbonyl (C=O) groups excluding carboxylic acids is 4. The van der Waals surface area contributed by atoms with Gasteiger partial charge >= 0.3 is 11.8 Å². The van der Waals surface area contributed by atoms with Crippen LogP contribution in [0.15, 0.2) is 60.9 Å². The third kappa shape index (κ3) is 7.65. The van der Waals surface area contributed by atoms with E-state index in [9.17, 15) is 24.3 Å². The van der Waals surface area contributed by atoms with Crippen molar-refractivity contribution in [3.63, 3.8) is 0 Å². The summed E-state index contributed by atoms with van der Waals surface area (Å²) in [7, 11) is 3.35. The molecule has 0 saturated heterocycles. The number of aliphatic hydroxyl groups is 1. The number of rotatable bonds is 7. The number of aliphatic hydroxyl groups excluding tert-OH is 1. The highest BCUT2D eigenvalue weighted by Gasteiger charge is 2.37. The first-order valence-corrected chi connectivity index (χ1v) is 13.4. The van der Waals surface area contributed by atoms with Crippen LogP contribution in [-0.4, -0.2) is 69.8 Å². The zero-order valence-electron chi connectivity index (χ0n) is 22.6. The zero-order chi connectivity index (χ0) is 29.5. The van der Waals surface area contributed by atoms with Gasteiger partial charge in [-0.2, -0.15) is 0 Å². The normalized spacial score (nSPS) is 18.2. The molecule has 0 unspecified atom stereocenters. The maximum atomic E-state index is 13.2. The second-order valence-corrected chi connectivity index (χ2v) is 10.4. The van der Waals surface area contributed by atoms with Crippen LogP contribution in [0.1, 0.15) is 35.3 Å². The number of pyridine rings is 2. The Bertz CT molecular complexity index is 1410. The molecule has 3 atom stereocenters. The van der Waals surface area contributed by atoms with Crippen LogP contribution >= 0.6 is 11.6 Å². The van der Waals surface area contributed by atoms with Crippen molar-refractivity contribution < 1.29 is 24.3 Å². The van der Waals surface area contributed by atoms with Crippen molar-refractivity contribution in [2.24, 2.45) is 5.92 Å². The molecule has 3 aromatic rings. The van der Waals surface area contributed by atoms with Crippen molar-refractivity contribution in [2.45, 2.75) is 38.0 Å². The molecule has 1 saturated carbocycles. The van der Waals surface area contributed by atoms with Gasteiger partial charge in [0.2, 0.25) is 5.91 Å². The minimum atomic E-state index is -0.910. The predicted octanol–water partition coefficient (Wildman–Crippen LogP) is 2.40. The Balaban J connectivity index is 1.46. The summed E-state index contributed by atoms with van der Waals surface area (Å²) < 4.78 is 0. The van der Waals surface area contributed by atoms with Crippen molar-refractivity contribution in [1.82, 2.24) is 25.5 Å². The van der Waals surface area contributed by atoms with Crippen LogP contribution in [0.25, 0.3) is 11.1 Å². The highest BCUT2D eigenvalue weighted by molar-refractivity contribution is 6.39. The molecule has 4 rings (SSSR count). The van der Waals surface area contributed by atoms with E-state index in [1.165, 1.54) is 23.2 Å². The van der Waals surface area contributed by atoms with Crippen LogP contribution in [-0.2, 0) is 21.0 Å². The second-order valence-electron chi connectivity index (χ2n) is 9.99. The molecule has 0 spiro atoms. The Morgan fingerprint density at radius 1 is 0.927 bits per heavy atom. The van der Waals surface area contributed by atoms with E-state index in [1.807, 2.05) is 6.07 Å². The first-order chi connectivity index (χ1) is 19.6. The summed E-state index contributed by atoms with van der Waals surface area (Å²) in [6, 6.07) is 12.3. The van der Waals surface area contributed by atoms with E-state index in [1.54, 1.807) is 50.6 Å². The van der Waals surface area contributed by atoms with Gasteiger partial charge in [-0.1, -0.05) is 23.7 Å². The third-order valence-electron chi connectivity index (χ3n) is 6.91. The molecule has 1 fully saturated rings. The molecule has 1 aromatic carbocycles. The summed E-state index contributed by atoms with van der Waals surface area (Å²) in [4.78, 5) is 60.8. The Labute approximate surface area is 242 Å². The fourth-order valence-corrected chi connectivity index (χ4v) is 4.87. The lowest BCUT2D eigenvalue weighted by Crippen LogP contribution is -2.57. The summed E-state index contributed by atoms with van der Waals surface area (Å²) in [5.74, 6) is -2.41. The highest BCUT2D eigenvalue weighted by Crippen LogP contribution is 2.27. The fraction of sp³-hybridized carbons (Fsp3) is 0.310. The van der Waals surface area contributed by atoms with Gasteiger partial charge < -0.3 is 26.0 Å². The second kappa shape index (κ2) is 13.3. The molecule has 0 aliphatic heterocycles. The number of halogens is 1. The Kier molecular flexibility index (Phi) is 9.64. The van der Waals surface area contributed by atoms with E-state index >= 15 is 0 Å². The van der Waals surface area contributed by atoms with Crippen molar-refractivity contribution >= 4 is 41.0 Å². The maximum Gasteiger partial charge on any atom is 0.314 e. The van der Waals surface area contributed by atoms with E-state index < -0.39 is 23.9 Å². The molecular weight excluding hydrogens is 548 g/mol. The van der Waals surface area contributed by atoms with Gasteiger partial charge in [0.15, 0.2) is 0 Å². The highest BCUT2D eigenvalue weighted by atomic mass is 35.5. The molecule has 1 aliphatic rings. The Hall–Kier alpha value is -4.35. The number of aromatic nitrogens is 2. The van der Waals surface area contributed by atoms with E-state index in [0.29, 0.717) is 35.5 Å². The number of nitrogens with one attached hydrogen (secondary N) is 3. The minimum Gasteiger partial charge on any atom is -0.390 e. The summed E-state index contributed by atoms with van der Waals surface area (Å²) in [5, 5.41) is 17.8. The van der Waals surface area contributed by atoms with Gasteiger partial charge in [-0.3, -0.25) is 24.2 Å². The molecule has 12 heteroatoms. The quantitative estimate of drug-likeness (QED) is 0.314. The first-order valence-electron chi connectivity index (χ1n) is 13.1. The predicted molar refractivity (Wildman–Crippen MR) is 153 cm³/mol. The number of amides is 4. The number of carbonyl (C=O) groups is 4. The van der Waals surface area contributed by atoms with E-state index in [2.05, 4.69) is 25.9 Å². The van der Waals surface area contributed by atoms with Crippen molar-refractivity contribution in [3.8, 4) is 11.1 Å². The van der Waals surface area contributed by atoms with Crippen molar-refractivity contribution in [1.29, 1.82) is 0 Å². The number of anilines is 1. The molecule has 4 N–H and O–H groups in total. The Morgan fingerprint density at radius 3 is 2.34 bits per heavy atom. The molecule has 41 heavy (non-hydrogen) atoms. The molecule has 214 valence electrons. The number of hydrogen-bond donors (Lipinski definition) is 4. The lowest BCUT2D eigenvalue weighted by Gasteiger charge is -2.37. The van der Waals surface area contributed by atoms with Gasteiger partial charge in [0.1, 0.15) is 5.82 Å². The van der Waals surface area contributed by atoms with Gasteiger partial charge in [0.05, 0.1) is 23.4 Å². The largest absolute Gasteiger partial charge is 0.390 e. The first kappa shape index (κ1) is 29.6. The van der Waals surface area contributed by atoms with Gasteiger partial charge in [-0.15, -0.1) is 0 Å². The van der Waals surface area contributed by atoms with Crippen LogP contribution in [0, 0.1) is 5.92 Å². The summed E-state index contributed by atoms with van der Waals surface area (Å²) in [6.07, 6.45) is 4.14. The smallest absolute Gasteiger partial charge is 0.314 e. The van der Waals surface area contributed by atoms with Crippen LogP contribution in [0.2, 0.25) is 5.02 Å². The average Bonchev–Trinajstić information content (AvgIpc) is 2.98. The average molecular weight is 579 g/mol. The van der Waals surface area contributed by atoms with E-state index in [4.69, 9.17) is 11.6 Å². The van der Waals surface area contributed by atoms with Crippen LogP contribution < -0.4 is 16.0 Å². The standard InChI is InChI=1S/C29H31ClN6O5/c1-36(2)29(41)20-7-9-23(33-27(39)28(40)35-25-10-8-21(30)15-32-25)24(14-20)34-26(38)18-5-3-17(4-6-18)19-11-12-31-22(13-19)16-37/h3-6,8,10-13,15,20,23-24,37H,7,9,14,16H2,1-2H3,(H,33,39)(H,34,38)(H,32,35,40)/t20-,23-,24+/m0/s1. The monoisotopic (exact) mass is 578 g/mol. The van der Waals surface area contributed by atoms with Crippen LogP contribution in [0.5, 0.6) is 0 Å². The molecule has 2 aromatic heterocycles. The Morgan fingerprint density at radius 2 is 1.68 bits per heavy atom. The molecule has 0 radical (unpaired) electrons. The maximum absolute atomic E-state index is 13.2. The summed E-state index contributed by atoms with van der Waals surface area (Å²) in [5.41, 5.74) is 2.62. The van der Waals surface area contributed by atoms with E-state index in [-0.39, 0.29) is 30.2 Å². The molecule has 4 amide bonds. The van der Waals surface area contributed by atoms with Crippen LogP contribution in [0.4, 0.5) is 5.82 Å². The van der Waals surface area contributed by atoms with Crippen LogP contribution in [0.3, 0.4) is 0 Å². The topological polar surface area (TPSA) is 154 Å². The zero-order valence-corrected chi connectivity index (χ0v) is 23.4. The molecule has 0 bridgehead atoms. The number of benzene rings is 1. The van der Waals surface area contributed by atoms with E-state index in [0.717, 1.165) is 11.1 Å². The molecular formula is C29H31ClN6O5. The van der Waals surface area contributed by atoms with Crippen molar-refractivity contribution in [2.75, 3.05) is 19.4 Å². The number of hydrogen-bond acceptors (Lipinski definition) is 7. The lowest BCUT2D eigenvalue weighted by molar-refractivity contribution is -0.137. The third-order valence-corrected chi connectivity index (χ3v) is 7.13. The fourth-order valence-electron chi connectivity index (χ4n) is 4.76.